The van der Waals surface area contributed by atoms with Gasteiger partial charge >= 0.3 is 11.9 Å². The number of aliphatic hydroxyl groups excluding tert-OH is 2. The highest BCUT2D eigenvalue weighted by atomic mass is 16.5. The van der Waals surface area contributed by atoms with E-state index in [2.05, 4.69) is 0 Å². The number of carbonyl (C=O) groups is 4. The molecule has 4 aromatic carbocycles. The van der Waals surface area contributed by atoms with E-state index in [9.17, 15) is 60.0 Å². The van der Waals surface area contributed by atoms with Crippen LogP contribution >= 0.6 is 0 Å². The Kier molecular flexibility index (Phi) is 10.0. The van der Waals surface area contributed by atoms with E-state index < -0.39 is 116 Å². The van der Waals surface area contributed by atoms with Crippen molar-refractivity contribution in [3.8, 4) is 34.1 Å². The Morgan fingerprint density at radius 3 is 1.58 bits per heavy atom. The van der Waals surface area contributed by atoms with Crippen molar-refractivity contribution < 1.29 is 69.5 Å². The fourth-order valence-electron chi connectivity index (χ4n) is 8.98. The molecule has 14 nitrogen and oxygen atoms in total. The Labute approximate surface area is 326 Å². The molecule has 0 amide bonds. The van der Waals surface area contributed by atoms with Gasteiger partial charge in [0.1, 0.15) is 34.5 Å². The Bertz CT molecular complexity index is 2480. The molecule has 2 aliphatic rings. The molecule has 0 radical (unpaired) electrons. The number of aromatic hydroxyl groups is 4. The van der Waals surface area contributed by atoms with Gasteiger partial charge in [0.25, 0.3) is 0 Å². The second-order valence-corrected chi connectivity index (χ2v) is 15.3. The van der Waals surface area contributed by atoms with Gasteiger partial charge in [-0.05, 0) is 57.0 Å². The molecule has 0 bridgehead atoms. The van der Waals surface area contributed by atoms with Crippen molar-refractivity contribution in [2.45, 2.75) is 64.1 Å². The molecule has 0 spiro atoms. The average molecular weight is 785 g/mol. The lowest BCUT2D eigenvalue weighted by atomic mass is 9.57. The van der Waals surface area contributed by atoms with Crippen LogP contribution < -0.4 is 0 Å². The van der Waals surface area contributed by atoms with E-state index in [1.165, 1.54) is 43.3 Å². The minimum absolute atomic E-state index is 0.0604. The number of methoxy groups -OCH3 is 2. The summed E-state index contributed by atoms with van der Waals surface area (Å²) < 4.78 is 9.58. The summed E-state index contributed by atoms with van der Waals surface area (Å²) in [5, 5.41) is 95.2. The molecule has 0 heterocycles. The zero-order chi connectivity index (χ0) is 42.2. The monoisotopic (exact) mass is 784 g/mol. The van der Waals surface area contributed by atoms with Crippen LogP contribution in [0.2, 0.25) is 0 Å². The van der Waals surface area contributed by atoms with Crippen molar-refractivity contribution in [3.05, 3.63) is 82.3 Å². The van der Waals surface area contributed by atoms with Gasteiger partial charge in [-0.2, -0.15) is 0 Å². The SMILES string of the molecule is COC(=O)/C=C(/O)C1c2c(c(O)c3c(O)cccc3c2-c2c3c(c(O)c4c(O)cccc24)C(=O)C(C)C(O)(C(C)C)C3/C(O)=C\C(=O)OC)C(=O)CC1(O)C(C)C. The number of benzene rings is 4. The maximum Gasteiger partial charge on any atom is 0.333 e. The predicted molar refractivity (Wildman–Crippen MR) is 207 cm³/mol. The normalized spacial score (nSPS) is 23.9. The van der Waals surface area contributed by atoms with Crippen molar-refractivity contribution in [1.29, 1.82) is 0 Å². The Balaban J connectivity index is 2.03. The van der Waals surface area contributed by atoms with E-state index in [1.54, 1.807) is 27.7 Å². The lowest BCUT2D eigenvalue weighted by molar-refractivity contribution is -0.136. The average Bonchev–Trinajstić information content (AvgIpc) is 3.14. The van der Waals surface area contributed by atoms with Crippen LogP contribution in [0.5, 0.6) is 23.0 Å². The lowest BCUT2D eigenvalue weighted by Gasteiger charge is -2.48. The summed E-state index contributed by atoms with van der Waals surface area (Å²) in [7, 11) is 2.11. The van der Waals surface area contributed by atoms with Crippen LogP contribution in [-0.2, 0) is 19.1 Å². The van der Waals surface area contributed by atoms with Gasteiger partial charge in [0.05, 0.1) is 71.3 Å². The summed E-state index contributed by atoms with van der Waals surface area (Å²) in [5.41, 5.74) is -6.37. The number of phenolic OH excluding ortho intramolecular Hbond substituents is 4. The largest absolute Gasteiger partial charge is 0.511 e. The Morgan fingerprint density at radius 2 is 1.14 bits per heavy atom. The van der Waals surface area contributed by atoms with E-state index in [0.29, 0.717) is 12.2 Å². The van der Waals surface area contributed by atoms with E-state index in [-0.39, 0.29) is 43.8 Å². The number of aliphatic hydroxyl groups is 4. The molecule has 0 fully saturated rings. The molecule has 300 valence electrons. The Morgan fingerprint density at radius 1 is 0.702 bits per heavy atom. The number of fused-ring (bicyclic) bond motifs is 4. The minimum atomic E-state index is -2.24. The molecule has 57 heavy (non-hydrogen) atoms. The molecule has 2 aliphatic carbocycles. The zero-order valence-corrected chi connectivity index (χ0v) is 32.2. The number of esters is 2. The summed E-state index contributed by atoms with van der Waals surface area (Å²) in [6.45, 7) is 7.65. The van der Waals surface area contributed by atoms with Crippen molar-refractivity contribution in [3.63, 3.8) is 0 Å². The highest BCUT2D eigenvalue weighted by Crippen LogP contribution is 2.62. The smallest absolute Gasteiger partial charge is 0.333 e. The third-order valence-electron chi connectivity index (χ3n) is 11.9. The third-order valence-corrected chi connectivity index (χ3v) is 11.9. The topological polar surface area (TPSA) is 249 Å². The first-order valence-corrected chi connectivity index (χ1v) is 18.2. The molecule has 14 heteroatoms. The van der Waals surface area contributed by atoms with Crippen LogP contribution in [0, 0.1) is 17.8 Å². The van der Waals surface area contributed by atoms with E-state index in [0.717, 1.165) is 14.2 Å². The van der Waals surface area contributed by atoms with Gasteiger partial charge in [0.2, 0.25) is 0 Å². The summed E-state index contributed by atoms with van der Waals surface area (Å²) >= 11 is 0. The quantitative estimate of drug-likeness (QED) is 0.0602. The summed E-state index contributed by atoms with van der Waals surface area (Å²) in [4.78, 5) is 54.6. The van der Waals surface area contributed by atoms with Crippen molar-refractivity contribution in [2.24, 2.45) is 17.8 Å². The van der Waals surface area contributed by atoms with Crippen molar-refractivity contribution in [1.82, 2.24) is 0 Å². The number of hydrogen-bond donors (Lipinski definition) is 8. The molecule has 5 unspecified atom stereocenters. The summed E-state index contributed by atoms with van der Waals surface area (Å²) in [5.74, 6) is -14.5. The Hall–Kier alpha value is -6.12. The zero-order valence-electron chi connectivity index (χ0n) is 32.2. The second kappa shape index (κ2) is 14.1. The van der Waals surface area contributed by atoms with Crippen molar-refractivity contribution >= 4 is 45.0 Å². The van der Waals surface area contributed by atoms with Gasteiger partial charge in [-0.15, -0.1) is 0 Å². The molecule has 8 N–H and O–H groups in total. The number of ether oxygens (including phenoxy) is 2. The molecule has 6 rings (SSSR count). The van der Waals surface area contributed by atoms with Crippen LogP contribution in [0.25, 0.3) is 32.7 Å². The summed E-state index contributed by atoms with van der Waals surface area (Å²) in [6, 6.07) is 8.09. The predicted octanol–water partition coefficient (Wildman–Crippen LogP) is 6.07. The molecular weight excluding hydrogens is 740 g/mol. The van der Waals surface area contributed by atoms with E-state index >= 15 is 0 Å². The fraction of sp³-hybridized carbons (Fsp3) is 0.349. The lowest BCUT2D eigenvalue weighted by Crippen LogP contribution is -2.54. The number of rotatable bonds is 7. The maximum absolute atomic E-state index is 14.7. The van der Waals surface area contributed by atoms with Gasteiger partial charge in [0, 0.05) is 12.3 Å². The first-order chi connectivity index (χ1) is 26.7. The van der Waals surface area contributed by atoms with Gasteiger partial charge in [0.15, 0.2) is 11.6 Å². The van der Waals surface area contributed by atoms with Crippen LogP contribution in [0.4, 0.5) is 0 Å². The second-order valence-electron chi connectivity index (χ2n) is 15.3. The van der Waals surface area contributed by atoms with Crippen LogP contribution in [0.1, 0.15) is 84.7 Å². The molecule has 4 aromatic rings. The van der Waals surface area contributed by atoms with Gasteiger partial charge in [-0.25, -0.2) is 9.59 Å². The number of carbonyl (C=O) groups excluding carboxylic acids is 4. The van der Waals surface area contributed by atoms with Gasteiger partial charge < -0.3 is 50.3 Å². The minimum Gasteiger partial charge on any atom is -0.511 e. The maximum atomic E-state index is 14.7. The van der Waals surface area contributed by atoms with Crippen LogP contribution in [0.3, 0.4) is 0 Å². The molecule has 0 aliphatic heterocycles. The molecule has 5 atom stereocenters. The molecule has 0 saturated heterocycles. The molecule has 0 aromatic heterocycles. The molecular formula is C43H44O14. The van der Waals surface area contributed by atoms with Gasteiger partial charge in [-0.3, -0.25) is 9.59 Å². The highest BCUT2D eigenvalue weighted by Gasteiger charge is 2.58. The van der Waals surface area contributed by atoms with Crippen molar-refractivity contribution in [2.75, 3.05) is 14.2 Å². The standard InChI is InChI=1S/C43H44O14/c1-17(2)42(54)16-26(48)33-34(37(42)24(46)14-27(49)56-6)31(20-10-8-12-22(44)29(20)40(33)52)32-21-11-9-13-23(45)30(21)41(53)36-35(32)38(25(47)15-28(50)57-7)43(55,18(3)4)19(5)39(36)51/h8-15,17-19,37-38,44-47,52-55H,16H2,1-7H3/b24-14+,25-15+. The number of hydrogen-bond acceptors (Lipinski definition) is 14. The first kappa shape index (κ1) is 40.5. The number of phenols is 4. The summed E-state index contributed by atoms with van der Waals surface area (Å²) in [6.07, 6.45) is 0.692. The third kappa shape index (κ3) is 5.76. The van der Waals surface area contributed by atoms with Crippen LogP contribution in [0.15, 0.2) is 60.1 Å². The fourth-order valence-corrected chi connectivity index (χ4v) is 8.98. The van der Waals surface area contributed by atoms with E-state index in [1.807, 2.05) is 0 Å². The van der Waals surface area contributed by atoms with E-state index in [4.69, 9.17) is 9.47 Å². The van der Waals surface area contributed by atoms with Gasteiger partial charge in [-0.1, -0.05) is 58.9 Å². The number of ketones is 2. The highest BCUT2D eigenvalue weighted by molar-refractivity contribution is 6.22. The first-order valence-electron chi connectivity index (χ1n) is 18.2. The number of Topliss-reactive ketones (excluding diaryl/α,β-unsaturated/α-hetero) is 2. The van der Waals surface area contributed by atoms with Crippen LogP contribution in [-0.4, -0.2) is 89.8 Å². The molecule has 0 saturated carbocycles.